The van der Waals surface area contributed by atoms with Crippen molar-refractivity contribution in [2.24, 2.45) is 11.8 Å². The average molecular weight is 200 g/mol. The van der Waals surface area contributed by atoms with E-state index >= 15 is 0 Å². The summed E-state index contributed by atoms with van der Waals surface area (Å²) < 4.78 is 0. The zero-order chi connectivity index (χ0) is 10.5. The van der Waals surface area contributed by atoms with Gasteiger partial charge in [0.05, 0.1) is 0 Å². The molecule has 0 unspecified atom stereocenters. The van der Waals surface area contributed by atoms with E-state index in [-0.39, 0.29) is 0 Å². The van der Waals surface area contributed by atoms with Gasteiger partial charge >= 0.3 is 0 Å². The molecule has 80 valence electrons. The summed E-state index contributed by atoms with van der Waals surface area (Å²) in [6, 6.07) is 10.7. The number of allylic oxidation sites excluding steroid dienone is 2. The summed E-state index contributed by atoms with van der Waals surface area (Å²) in [6.07, 6.45) is 10.1. The first kappa shape index (κ1) is 10.5. The zero-order valence-electron chi connectivity index (χ0n) is 9.52. The standard InChI is InChI=1S/C15H20/c1-13-7-5-11-15(13)12-6-10-14-8-3-2-4-9-14/h2-4,6,8-9,12-13,15H,5,7,10-11H2,1H3/b12-6+/t13-,15+/m0/s1. The first-order valence-electron chi connectivity index (χ1n) is 6.07. The van der Waals surface area contributed by atoms with Crippen LogP contribution in [0.5, 0.6) is 0 Å². The molecule has 0 aliphatic heterocycles. The molecule has 1 aliphatic rings. The van der Waals surface area contributed by atoms with Crippen molar-refractivity contribution in [3.05, 3.63) is 48.0 Å². The Kier molecular flexibility index (Phi) is 3.60. The van der Waals surface area contributed by atoms with Crippen LogP contribution >= 0.6 is 0 Å². The third-order valence-electron chi connectivity index (χ3n) is 3.51. The lowest BCUT2D eigenvalue weighted by Gasteiger charge is -2.08. The van der Waals surface area contributed by atoms with E-state index in [1.807, 2.05) is 0 Å². The maximum atomic E-state index is 2.44. The van der Waals surface area contributed by atoms with Crippen molar-refractivity contribution in [2.45, 2.75) is 32.6 Å². The molecule has 0 saturated heterocycles. The average Bonchev–Trinajstić information content (AvgIpc) is 2.66. The number of hydrogen-bond donors (Lipinski definition) is 0. The Bertz CT molecular complexity index is 310. The molecule has 1 aliphatic carbocycles. The third kappa shape index (κ3) is 2.95. The molecule has 15 heavy (non-hydrogen) atoms. The maximum absolute atomic E-state index is 2.44. The minimum absolute atomic E-state index is 0.841. The van der Waals surface area contributed by atoms with Crippen LogP contribution in [0.3, 0.4) is 0 Å². The minimum atomic E-state index is 0.841. The monoisotopic (exact) mass is 200 g/mol. The molecule has 1 fully saturated rings. The first-order chi connectivity index (χ1) is 7.36. The Morgan fingerprint density at radius 1 is 1.20 bits per heavy atom. The van der Waals surface area contributed by atoms with Crippen LogP contribution in [-0.2, 0) is 6.42 Å². The lowest BCUT2D eigenvalue weighted by Crippen LogP contribution is -1.99. The smallest absolute Gasteiger partial charge is 0.00974 e. The van der Waals surface area contributed by atoms with Crippen molar-refractivity contribution in [1.29, 1.82) is 0 Å². The highest BCUT2D eigenvalue weighted by Gasteiger charge is 2.19. The van der Waals surface area contributed by atoms with Crippen LogP contribution in [0.1, 0.15) is 31.7 Å². The van der Waals surface area contributed by atoms with Crippen molar-refractivity contribution in [2.75, 3.05) is 0 Å². The van der Waals surface area contributed by atoms with Crippen LogP contribution in [0.15, 0.2) is 42.5 Å². The van der Waals surface area contributed by atoms with Gasteiger partial charge in [-0.05, 0) is 30.2 Å². The summed E-state index contributed by atoms with van der Waals surface area (Å²) in [5, 5.41) is 0. The first-order valence-corrected chi connectivity index (χ1v) is 6.07. The molecule has 1 aromatic rings. The number of benzene rings is 1. The van der Waals surface area contributed by atoms with E-state index in [1.54, 1.807) is 0 Å². The van der Waals surface area contributed by atoms with Crippen molar-refractivity contribution in [1.82, 2.24) is 0 Å². The van der Waals surface area contributed by atoms with Gasteiger partial charge in [-0.15, -0.1) is 0 Å². The van der Waals surface area contributed by atoms with Crippen molar-refractivity contribution < 1.29 is 0 Å². The van der Waals surface area contributed by atoms with Gasteiger partial charge in [-0.25, -0.2) is 0 Å². The van der Waals surface area contributed by atoms with Crippen LogP contribution in [0.2, 0.25) is 0 Å². The second-order valence-electron chi connectivity index (χ2n) is 4.69. The summed E-state index contributed by atoms with van der Waals surface area (Å²) in [5.41, 5.74) is 1.42. The fraction of sp³-hybridized carbons (Fsp3) is 0.467. The van der Waals surface area contributed by atoms with Gasteiger partial charge in [0.25, 0.3) is 0 Å². The molecular formula is C15H20. The summed E-state index contributed by atoms with van der Waals surface area (Å²) in [6.45, 7) is 2.38. The van der Waals surface area contributed by atoms with E-state index in [9.17, 15) is 0 Å². The molecule has 2 atom stereocenters. The Morgan fingerprint density at radius 3 is 2.67 bits per heavy atom. The highest BCUT2D eigenvalue weighted by atomic mass is 14.2. The molecule has 2 rings (SSSR count). The molecule has 1 saturated carbocycles. The van der Waals surface area contributed by atoms with E-state index in [0.717, 1.165) is 18.3 Å². The third-order valence-corrected chi connectivity index (χ3v) is 3.51. The summed E-state index contributed by atoms with van der Waals surface area (Å²) in [7, 11) is 0. The fourth-order valence-corrected chi connectivity index (χ4v) is 2.45. The Labute approximate surface area is 93.0 Å². The van der Waals surface area contributed by atoms with Gasteiger partial charge in [-0.3, -0.25) is 0 Å². The summed E-state index contributed by atoms with van der Waals surface area (Å²) in [5.74, 6) is 1.74. The molecule has 0 heterocycles. The predicted octanol–water partition coefficient (Wildman–Crippen LogP) is 4.22. The topological polar surface area (TPSA) is 0 Å². The van der Waals surface area contributed by atoms with Gasteiger partial charge in [0.15, 0.2) is 0 Å². The van der Waals surface area contributed by atoms with E-state index in [1.165, 1.54) is 24.8 Å². The second-order valence-corrected chi connectivity index (χ2v) is 4.69. The van der Waals surface area contributed by atoms with Crippen molar-refractivity contribution in [3.8, 4) is 0 Å². The zero-order valence-corrected chi connectivity index (χ0v) is 9.52. The predicted molar refractivity (Wildman–Crippen MR) is 65.8 cm³/mol. The molecule has 0 amide bonds. The van der Waals surface area contributed by atoms with Crippen LogP contribution in [0.25, 0.3) is 0 Å². The molecule has 1 aromatic carbocycles. The largest absolute Gasteiger partial charge is 0.0848 e. The Morgan fingerprint density at radius 2 is 2.00 bits per heavy atom. The SMILES string of the molecule is C[C@H]1CCC[C@@H]1/C=C/Cc1ccccc1. The number of rotatable bonds is 3. The molecule has 0 N–H and O–H groups in total. The van der Waals surface area contributed by atoms with Crippen molar-refractivity contribution >= 4 is 0 Å². The molecule has 0 aromatic heterocycles. The van der Waals surface area contributed by atoms with Crippen LogP contribution in [0, 0.1) is 11.8 Å². The van der Waals surface area contributed by atoms with Gasteiger partial charge in [0.2, 0.25) is 0 Å². The lowest BCUT2D eigenvalue weighted by atomic mass is 9.97. The second kappa shape index (κ2) is 5.16. The highest BCUT2D eigenvalue weighted by molar-refractivity contribution is 5.17. The van der Waals surface area contributed by atoms with Crippen molar-refractivity contribution in [3.63, 3.8) is 0 Å². The van der Waals surface area contributed by atoms with Crippen LogP contribution in [-0.4, -0.2) is 0 Å². The normalized spacial score (nSPS) is 26.2. The molecule has 0 bridgehead atoms. The quantitative estimate of drug-likeness (QED) is 0.641. The Hall–Kier alpha value is -1.04. The van der Waals surface area contributed by atoms with E-state index in [4.69, 9.17) is 0 Å². The molecule has 0 nitrogen and oxygen atoms in total. The highest BCUT2D eigenvalue weighted by Crippen LogP contribution is 2.31. The minimum Gasteiger partial charge on any atom is -0.0848 e. The summed E-state index contributed by atoms with van der Waals surface area (Å²) in [4.78, 5) is 0. The van der Waals surface area contributed by atoms with Gasteiger partial charge in [-0.1, -0.05) is 62.2 Å². The molecule has 0 spiro atoms. The van der Waals surface area contributed by atoms with Crippen LogP contribution in [0.4, 0.5) is 0 Å². The van der Waals surface area contributed by atoms with E-state index in [2.05, 4.69) is 49.4 Å². The van der Waals surface area contributed by atoms with Crippen LogP contribution < -0.4 is 0 Å². The van der Waals surface area contributed by atoms with Gasteiger partial charge in [0, 0.05) is 0 Å². The molecule has 0 heteroatoms. The lowest BCUT2D eigenvalue weighted by molar-refractivity contribution is 0.503. The van der Waals surface area contributed by atoms with Gasteiger partial charge < -0.3 is 0 Å². The van der Waals surface area contributed by atoms with E-state index < -0.39 is 0 Å². The fourth-order valence-electron chi connectivity index (χ4n) is 2.45. The molecular weight excluding hydrogens is 180 g/mol. The van der Waals surface area contributed by atoms with Gasteiger partial charge in [-0.2, -0.15) is 0 Å². The maximum Gasteiger partial charge on any atom is -0.00974 e. The molecule has 0 radical (unpaired) electrons. The van der Waals surface area contributed by atoms with E-state index in [0.29, 0.717) is 0 Å². The van der Waals surface area contributed by atoms with Gasteiger partial charge in [0.1, 0.15) is 0 Å². The summed E-state index contributed by atoms with van der Waals surface area (Å²) >= 11 is 0. The number of hydrogen-bond acceptors (Lipinski definition) is 0. The Balaban J connectivity index is 1.85.